The highest BCUT2D eigenvalue weighted by atomic mass is 16.5. The number of phenols is 2. The molecule has 18 heteroatoms. The highest BCUT2D eigenvalue weighted by Gasteiger charge is 2.31. The van der Waals surface area contributed by atoms with Crippen LogP contribution in [-0.4, -0.2) is 136 Å². The summed E-state index contributed by atoms with van der Waals surface area (Å²) >= 11 is 0. The van der Waals surface area contributed by atoms with Crippen molar-refractivity contribution in [3.8, 4) is 45.3 Å². The van der Waals surface area contributed by atoms with Crippen molar-refractivity contribution in [1.29, 1.82) is 0 Å². The lowest BCUT2D eigenvalue weighted by Gasteiger charge is -2.26. The van der Waals surface area contributed by atoms with E-state index < -0.39 is 0 Å². The number of allylic oxidation sites excluding steroid dienone is 1. The predicted molar refractivity (Wildman–Crippen MR) is 276 cm³/mol. The number of amides is 2. The highest BCUT2D eigenvalue weighted by Crippen LogP contribution is 2.39. The standard InChI is InChI=1S/C28H23N3O5.C20H19N3O3.C8H6O3.B/c1-30-16-19(15-23-26(33)25-21(32)3-2-4-22(25)36-23)24-20(9-10-29-27(24)30)17-5-7-18(8-6-17)28(34)31-11-13-35-14-12-31;1-22-12-16(13-24)18-17(6-7-21-19(18)22)14-2-4-15(5-3-14)20(25)23-8-10-26-11-9-23;9-5-2-1-3-7-8(5)6(10)4-11-7;/h2-10,15-16,32H,11-14H2,1H3;2-7,12-13H,8-11H2,1H3;1-3,9H,4H2;/b23-15-;;;. The summed E-state index contributed by atoms with van der Waals surface area (Å²) in [5.41, 5.74) is 8.38. The molecule has 12 rings (SSSR count). The Labute approximate surface area is 426 Å². The number of ketones is 2. The SMILES string of the molecule is Cn1cc(/C=C2\Oc3cccc(O)c3C2=O)c2c(-c3ccc(C(=O)N4CCOCC4)cc3)ccnc21.Cn1cc(C=O)c2c(-c3ccc(C(=O)N4CCOCC4)cc3)ccnc21.O=C1COc2cccc(O)c21.[B]. The van der Waals surface area contributed by atoms with Crippen LogP contribution < -0.4 is 9.47 Å². The molecule has 2 amide bonds. The number of hydrogen-bond donors (Lipinski definition) is 2. The van der Waals surface area contributed by atoms with Crippen LogP contribution in [-0.2, 0) is 23.6 Å². The monoisotopic (exact) mass is 991 g/mol. The van der Waals surface area contributed by atoms with Gasteiger partial charge in [0.05, 0.1) is 26.4 Å². The third-order valence-corrected chi connectivity index (χ3v) is 13.0. The number of aromatic hydroxyl groups is 2. The number of morpholine rings is 2. The zero-order valence-corrected chi connectivity index (χ0v) is 40.4. The zero-order valence-electron chi connectivity index (χ0n) is 40.4. The van der Waals surface area contributed by atoms with Crippen molar-refractivity contribution in [3.05, 3.63) is 161 Å². The Hall–Kier alpha value is -8.87. The third kappa shape index (κ3) is 9.75. The van der Waals surface area contributed by atoms with E-state index in [1.807, 2.05) is 95.0 Å². The summed E-state index contributed by atoms with van der Waals surface area (Å²) in [7, 11) is 3.76. The number of carbonyl (C=O) groups is 5. The molecule has 2 fully saturated rings. The van der Waals surface area contributed by atoms with Crippen LogP contribution in [0.3, 0.4) is 0 Å². The average Bonchev–Trinajstić information content (AvgIpc) is 4.18. The third-order valence-electron chi connectivity index (χ3n) is 13.0. The Morgan fingerprint density at radius 3 is 1.57 bits per heavy atom. The Bertz CT molecular complexity index is 3500. The van der Waals surface area contributed by atoms with Gasteiger partial charge in [-0.15, -0.1) is 0 Å². The van der Waals surface area contributed by atoms with Crippen LogP contribution >= 0.6 is 0 Å². The van der Waals surface area contributed by atoms with Crippen molar-refractivity contribution in [2.45, 2.75) is 0 Å². The first-order valence-corrected chi connectivity index (χ1v) is 23.5. The van der Waals surface area contributed by atoms with Gasteiger partial charge in [0.25, 0.3) is 11.8 Å². The Morgan fingerprint density at radius 1 is 0.608 bits per heavy atom. The second kappa shape index (κ2) is 21.5. The lowest BCUT2D eigenvalue weighted by molar-refractivity contribution is 0.0301. The molecule has 0 bridgehead atoms. The van der Waals surface area contributed by atoms with E-state index >= 15 is 0 Å². The molecule has 4 aliphatic rings. The number of Topliss-reactive ketones (excluding diaryl/α,β-unsaturated/α-hetero) is 2. The van der Waals surface area contributed by atoms with Crippen molar-refractivity contribution in [2.24, 2.45) is 14.1 Å². The van der Waals surface area contributed by atoms with Gasteiger partial charge in [-0.3, -0.25) is 24.0 Å². The average molecular weight is 992 g/mol. The second-order valence-electron chi connectivity index (χ2n) is 17.5. The van der Waals surface area contributed by atoms with E-state index in [0.717, 1.165) is 56.2 Å². The lowest BCUT2D eigenvalue weighted by Crippen LogP contribution is -2.40. The summed E-state index contributed by atoms with van der Waals surface area (Å²) in [5.74, 6) is 0.357. The molecule has 74 heavy (non-hydrogen) atoms. The molecule has 4 aromatic carbocycles. The van der Waals surface area contributed by atoms with Gasteiger partial charge in [-0.05, 0) is 89.0 Å². The molecular weight excluding hydrogens is 943 g/mol. The number of fused-ring (bicyclic) bond motifs is 4. The van der Waals surface area contributed by atoms with Gasteiger partial charge in [0, 0.05) is 107 Å². The minimum atomic E-state index is -0.364. The molecule has 0 atom stereocenters. The molecule has 2 N–H and O–H groups in total. The minimum Gasteiger partial charge on any atom is -0.507 e. The molecule has 0 unspecified atom stereocenters. The zero-order chi connectivity index (χ0) is 50.8. The Morgan fingerprint density at radius 2 is 1.08 bits per heavy atom. The van der Waals surface area contributed by atoms with Crippen LogP contribution in [0.4, 0.5) is 0 Å². The van der Waals surface area contributed by atoms with Crippen molar-refractivity contribution in [3.63, 3.8) is 0 Å². The number of aryl methyl sites for hydroxylation is 2. The quantitative estimate of drug-likeness (QED) is 0.0967. The van der Waals surface area contributed by atoms with Gasteiger partial charge in [-0.2, -0.15) is 0 Å². The largest absolute Gasteiger partial charge is 0.507 e. The Balaban J connectivity index is 0.000000154. The van der Waals surface area contributed by atoms with E-state index in [1.165, 1.54) is 12.1 Å². The van der Waals surface area contributed by atoms with E-state index in [-0.39, 0.29) is 61.2 Å². The summed E-state index contributed by atoms with van der Waals surface area (Å²) in [4.78, 5) is 73.3. The van der Waals surface area contributed by atoms with Gasteiger partial charge in [0.1, 0.15) is 45.4 Å². The second-order valence-corrected chi connectivity index (χ2v) is 17.5. The topological polar surface area (TPSA) is 205 Å². The number of aldehydes is 1. The highest BCUT2D eigenvalue weighted by molar-refractivity contribution is 6.17. The minimum absolute atomic E-state index is 0. The molecular formula is C56H48BN6O11. The lowest BCUT2D eigenvalue weighted by atomic mass is 9.99. The number of ether oxygens (including phenoxy) is 4. The first-order valence-electron chi connectivity index (χ1n) is 23.5. The van der Waals surface area contributed by atoms with E-state index in [9.17, 15) is 34.2 Å². The van der Waals surface area contributed by atoms with Crippen LogP contribution in [0.1, 0.15) is 57.4 Å². The maximum Gasteiger partial charge on any atom is 0.254 e. The van der Waals surface area contributed by atoms with Gasteiger partial charge in [0.2, 0.25) is 11.6 Å². The van der Waals surface area contributed by atoms with Gasteiger partial charge >= 0.3 is 0 Å². The molecule has 0 spiro atoms. The molecule has 4 aliphatic heterocycles. The molecule has 8 aromatic rings. The number of pyridine rings is 2. The number of nitrogens with zero attached hydrogens (tertiary/aromatic N) is 6. The van der Waals surface area contributed by atoms with Crippen LogP contribution in [0, 0.1) is 0 Å². The van der Waals surface area contributed by atoms with Gasteiger partial charge in [-0.25, -0.2) is 9.97 Å². The van der Waals surface area contributed by atoms with Crippen LogP contribution in [0.15, 0.2) is 128 Å². The van der Waals surface area contributed by atoms with E-state index in [1.54, 1.807) is 53.8 Å². The molecule has 0 aliphatic carbocycles. The fourth-order valence-corrected chi connectivity index (χ4v) is 9.33. The number of carbonyl (C=O) groups excluding carboxylic acids is 5. The molecule has 3 radical (unpaired) electrons. The number of aromatic nitrogens is 4. The smallest absolute Gasteiger partial charge is 0.254 e. The van der Waals surface area contributed by atoms with Crippen LogP contribution in [0.2, 0.25) is 0 Å². The number of hydrogen-bond acceptors (Lipinski definition) is 13. The molecule has 0 saturated carbocycles. The van der Waals surface area contributed by atoms with E-state index in [0.29, 0.717) is 86.4 Å². The molecule has 371 valence electrons. The van der Waals surface area contributed by atoms with Crippen molar-refractivity contribution in [1.82, 2.24) is 28.9 Å². The summed E-state index contributed by atoms with van der Waals surface area (Å²) in [6.45, 7) is 4.77. The fourth-order valence-electron chi connectivity index (χ4n) is 9.33. The summed E-state index contributed by atoms with van der Waals surface area (Å²) in [5, 5.41) is 21.0. The summed E-state index contributed by atoms with van der Waals surface area (Å²) in [6.07, 6.45) is 9.69. The van der Waals surface area contributed by atoms with Crippen molar-refractivity contribution >= 4 is 66.2 Å². The first kappa shape index (κ1) is 50.1. The first-order chi connectivity index (χ1) is 35.5. The van der Waals surface area contributed by atoms with E-state index in [4.69, 9.17) is 18.9 Å². The number of benzene rings is 4. The fraction of sp³-hybridized carbons (Fsp3) is 0.196. The molecule has 4 aromatic heterocycles. The predicted octanol–water partition coefficient (Wildman–Crippen LogP) is 7.15. The molecule has 17 nitrogen and oxygen atoms in total. The number of phenolic OH excluding ortho intramolecular Hbond substituents is 2. The van der Waals surface area contributed by atoms with Crippen LogP contribution in [0.5, 0.6) is 23.0 Å². The van der Waals surface area contributed by atoms with E-state index in [2.05, 4.69) is 9.97 Å². The summed E-state index contributed by atoms with van der Waals surface area (Å²) < 4.78 is 25.1. The number of rotatable bonds is 6. The van der Waals surface area contributed by atoms with Gasteiger partial charge < -0.3 is 48.1 Å². The van der Waals surface area contributed by atoms with Gasteiger partial charge in [-0.1, -0.05) is 36.4 Å². The van der Waals surface area contributed by atoms with Crippen molar-refractivity contribution in [2.75, 3.05) is 59.2 Å². The van der Waals surface area contributed by atoms with Crippen molar-refractivity contribution < 1.29 is 53.1 Å². The summed E-state index contributed by atoms with van der Waals surface area (Å²) in [6, 6.07) is 28.4. The Kier molecular flexibility index (Phi) is 14.5. The van der Waals surface area contributed by atoms with Gasteiger partial charge in [0.15, 0.2) is 18.7 Å². The molecule has 2 saturated heterocycles. The maximum absolute atomic E-state index is 12.9. The normalized spacial score (nSPS) is 15.2. The maximum atomic E-state index is 12.9. The molecule has 8 heterocycles. The van der Waals surface area contributed by atoms with Crippen LogP contribution in [0.25, 0.3) is 50.4 Å².